The number of hydrogen-bond acceptors (Lipinski definition) is 4. The van der Waals surface area contributed by atoms with E-state index in [2.05, 4.69) is 20.6 Å². The van der Waals surface area contributed by atoms with E-state index in [0.29, 0.717) is 12.1 Å². The van der Waals surface area contributed by atoms with E-state index in [9.17, 15) is 4.79 Å². The Morgan fingerprint density at radius 1 is 1.15 bits per heavy atom. The maximum Gasteiger partial charge on any atom is 0.251 e. The summed E-state index contributed by atoms with van der Waals surface area (Å²) in [4.78, 5) is 17.1. The number of imidazole rings is 1. The smallest absolute Gasteiger partial charge is 0.251 e. The van der Waals surface area contributed by atoms with E-state index in [-0.39, 0.29) is 11.9 Å². The molecule has 4 rings (SSSR count). The number of carbonyl (C=O) groups is 1. The minimum Gasteiger partial charge on any atom is -0.348 e. The minimum atomic E-state index is -0.118. The summed E-state index contributed by atoms with van der Waals surface area (Å²) < 4.78 is 3.82. The van der Waals surface area contributed by atoms with Crippen LogP contribution in [0.2, 0.25) is 0 Å². The van der Waals surface area contributed by atoms with Gasteiger partial charge in [-0.05, 0) is 44.2 Å². The Balaban J connectivity index is 1.50. The molecule has 4 aromatic rings. The number of amides is 1. The van der Waals surface area contributed by atoms with Crippen molar-refractivity contribution in [3.8, 4) is 0 Å². The first-order valence-corrected chi connectivity index (χ1v) is 8.55. The molecule has 0 spiro atoms. The molecular formula is C19H20N6O. The van der Waals surface area contributed by atoms with Crippen molar-refractivity contribution in [1.29, 1.82) is 0 Å². The Hall–Kier alpha value is -3.22. The fraction of sp³-hybridized carbons (Fsp3) is 0.263. The first-order valence-electron chi connectivity index (χ1n) is 8.55. The molecule has 0 saturated heterocycles. The SMILES string of the molecule is Cc1nc2cc(C(=O)N[C@@H](C)Cn3nnc4ccccc43)ccc2n1C. The lowest BCUT2D eigenvalue weighted by Crippen LogP contribution is -2.35. The summed E-state index contributed by atoms with van der Waals surface area (Å²) in [7, 11) is 1.97. The summed E-state index contributed by atoms with van der Waals surface area (Å²) in [5, 5.41) is 11.3. The number of rotatable bonds is 4. The number of aromatic nitrogens is 5. The summed E-state index contributed by atoms with van der Waals surface area (Å²) in [6.45, 7) is 4.46. The van der Waals surface area contributed by atoms with Crippen molar-refractivity contribution in [2.45, 2.75) is 26.4 Å². The van der Waals surface area contributed by atoms with Gasteiger partial charge in [-0.25, -0.2) is 9.67 Å². The van der Waals surface area contributed by atoms with Gasteiger partial charge < -0.3 is 9.88 Å². The lowest BCUT2D eigenvalue weighted by Gasteiger charge is -2.14. The van der Waals surface area contributed by atoms with Crippen LogP contribution in [0.15, 0.2) is 42.5 Å². The second kappa shape index (κ2) is 6.25. The molecule has 132 valence electrons. The minimum absolute atomic E-state index is 0.0891. The lowest BCUT2D eigenvalue weighted by molar-refractivity contribution is 0.0936. The number of benzene rings is 2. The number of carbonyl (C=O) groups excluding carboxylic acids is 1. The van der Waals surface area contributed by atoms with Crippen molar-refractivity contribution in [2.75, 3.05) is 0 Å². The topological polar surface area (TPSA) is 77.6 Å². The molecule has 1 amide bonds. The second-order valence-electron chi connectivity index (χ2n) is 6.56. The molecule has 0 aliphatic heterocycles. The molecule has 2 aromatic heterocycles. The Bertz CT molecular complexity index is 1110. The van der Waals surface area contributed by atoms with Gasteiger partial charge in [0.15, 0.2) is 0 Å². The molecule has 0 aliphatic carbocycles. The second-order valence-corrected chi connectivity index (χ2v) is 6.56. The molecule has 0 unspecified atom stereocenters. The van der Waals surface area contributed by atoms with Crippen molar-refractivity contribution in [1.82, 2.24) is 29.9 Å². The lowest BCUT2D eigenvalue weighted by atomic mass is 10.1. The molecular weight excluding hydrogens is 328 g/mol. The Labute approximate surface area is 150 Å². The molecule has 0 bridgehead atoms. The van der Waals surface area contributed by atoms with Crippen LogP contribution in [-0.4, -0.2) is 36.5 Å². The molecule has 0 saturated carbocycles. The maximum absolute atomic E-state index is 12.6. The van der Waals surface area contributed by atoms with Gasteiger partial charge in [0.05, 0.1) is 23.1 Å². The molecule has 26 heavy (non-hydrogen) atoms. The first kappa shape index (κ1) is 16.3. The van der Waals surface area contributed by atoms with Crippen molar-refractivity contribution in [3.05, 3.63) is 53.9 Å². The zero-order valence-electron chi connectivity index (χ0n) is 15.0. The molecule has 2 heterocycles. The van der Waals surface area contributed by atoms with Gasteiger partial charge in [-0.1, -0.05) is 17.3 Å². The van der Waals surface area contributed by atoms with Crippen molar-refractivity contribution < 1.29 is 4.79 Å². The monoisotopic (exact) mass is 348 g/mol. The van der Waals surface area contributed by atoms with Crippen molar-refractivity contribution in [2.24, 2.45) is 7.05 Å². The Morgan fingerprint density at radius 2 is 1.96 bits per heavy atom. The molecule has 7 nitrogen and oxygen atoms in total. The first-order chi connectivity index (χ1) is 12.5. The molecule has 1 atom stereocenters. The van der Waals surface area contributed by atoms with Crippen LogP contribution in [0.1, 0.15) is 23.1 Å². The van der Waals surface area contributed by atoms with Crippen molar-refractivity contribution in [3.63, 3.8) is 0 Å². The number of hydrogen-bond donors (Lipinski definition) is 1. The van der Waals surface area contributed by atoms with Gasteiger partial charge in [0.25, 0.3) is 5.91 Å². The highest BCUT2D eigenvalue weighted by Gasteiger charge is 2.14. The van der Waals surface area contributed by atoms with Crippen LogP contribution in [0.5, 0.6) is 0 Å². The van der Waals surface area contributed by atoms with E-state index in [1.165, 1.54) is 0 Å². The van der Waals surface area contributed by atoms with Gasteiger partial charge in [0.1, 0.15) is 11.3 Å². The van der Waals surface area contributed by atoms with Gasteiger partial charge in [-0.3, -0.25) is 4.79 Å². The normalized spacial score (nSPS) is 12.6. The van der Waals surface area contributed by atoms with Gasteiger partial charge in [-0.15, -0.1) is 5.10 Å². The third-order valence-corrected chi connectivity index (χ3v) is 4.61. The number of aryl methyl sites for hydroxylation is 2. The predicted octanol–water partition coefficient (Wildman–Crippen LogP) is 2.44. The van der Waals surface area contributed by atoms with Gasteiger partial charge in [-0.2, -0.15) is 0 Å². The summed E-state index contributed by atoms with van der Waals surface area (Å²) in [6, 6.07) is 13.3. The Morgan fingerprint density at radius 3 is 2.81 bits per heavy atom. The van der Waals surface area contributed by atoms with E-state index < -0.39 is 0 Å². The van der Waals surface area contributed by atoms with Crippen LogP contribution in [-0.2, 0) is 13.6 Å². The van der Waals surface area contributed by atoms with Crippen LogP contribution in [0.4, 0.5) is 0 Å². The number of fused-ring (bicyclic) bond motifs is 2. The fourth-order valence-corrected chi connectivity index (χ4v) is 3.13. The molecule has 0 aliphatic rings. The van der Waals surface area contributed by atoms with E-state index in [0.717, 1.165) is 27.9 Å². The zero-order chi connectivity index (χ0) is 18.3. The summed E-state index contributed by atoms with van der Waals surface area (Å²) in [5.41, 5.74) is 4.25. The van der Waals surface area contributed by atoms with Crippen LogP contribution < -0.4 is 5.32 Å². The third kappa shape index (κ3) is 2.81. The van der Waals surface area contributed by atoms with Crippen LogP contribution in [0.3, 0.4) is 0 Å². The van der Waals surface area contributed by atoms with E-state index in [1.54, 1.807) is 0 Å². The number of para-hydroxylation sites is 1. The molecule has 0 radical (unpaired) electrons. The van der Waals surface area contributed by atoms with E-state index >= 15 is 0 Å². The largest absolute Gasteiger partial charge is 0.348 e. The third-order valence-electron chi connectivity index (χ3n) is 4.61. The highest BCUT2D eigenvalue weighted by atomic mass is 16.1. The summed E-state index contributed by atoms with van der Waals surface area (Å²) >= 11 is 0. The highest BCUT2D eigenvalue weighted by molar-refractivity contribution is 5.97. The summed E-state index contributed by atoms with van der Waals surface area (Å²) in [6.07, 6.45) is 0. The molecule has 1 N–H and O–H groups in total. The van der Waals surface area contributed by atoms with Gasteiger partial charge in [0.2, 0.25) is 0 Å². The van der Waals surface area contributed by atoms with E-state index in [4.69, 9.17) is 0 Å². The number of nitrogens with one attached hydrogen (secondary N) is 1. The number of nitrogens with zero attached hydrogens (tertiary/aromatic N) is 5. The predicted molar refractivity (Wildman–Crippen MR) is 99.9 cm³/mol. The highest BCUT2D eigenvalue weighted by Crippen LogP contribution is 2.16. The van der Waals surface area contributed by atoms with E-state index in [1.807, 2.05) is 72.6 Å². The summed E-state index contributed by atoms with van der Waals surface area (Å²) in [5.74, 6) is 0.802. The van der Waals surface area contributed by atoms with Crippen LogP contribution in [0, 0.1) is 6.92 Å². The van der Waals surface area contributed by atoms with Gasteiger partial charge >= 0.3 is 0 Å². The molecule has 7 heteroatoms. The van der Waals surface area contributed by atoms with Crippen molar-refractivity contribution >= 4 is 28.0 Å². The Kier molecular flexibility index (Phi) is 3.91. The fourth-order valence-electron chi connectivity index (χ4n) is 3.13. The average molecular weight is 348 g/mol. The zero-order valence-corrected chi connectivity index (χ0v) is 15.0. The van der Waals surface area contributed by atoms with Crippen LogP contribution in [0.25, 0.3) is 22.1 Å². The quantitative estimate of drug-likeness (QED) is 0.614. The molecule has 2 aromatic carbocycles. The standard InChI is InChI=1S/C19H20N6O/c1-12(11-25-18-7-5-4-6-15(18)22-23-25)20-19(26)14-8-9-17-16(10-14)21-13(2)24(17)3/h4-10,12H,11H2,1-3H3,(H,20,26)/t12-/m0/s1. The van der Waals surface area contributed by atoms with Crippen LogP contribution >= 0.6 is 0 Å². The average Bonchev–Trinajstić information content (AvgIpc) is 3.16. The maximum atomic E-state index is 12.6. The van der Waals surface area contributed by atoms with Gasteiger partial charge in [0, 0.05) is 18.7 Å². The molecule has 0 fully saturated rings.